The third kappa shape index (κ3) is 2.77. The molecule has 1 aromatic carbocycles. The molecule has 8 heteroatoms. The van der Waals surface area contributed by atoms with E-state index in [1.165, 1.54) is 22.7 Å². The minimum atomic E-state index is -0.263. The van der Waals surface area contributed by atoms with Gasteiger partial charge in [0.1, 0.15) is 15.5 Å². The molecule has 0 bridgehead atoms. The van der Waals surface area contributed by atoms with Crippen LogP contribution in [0.25, 0.3) is 21.1 Å². The molecular formula is C18H16N4O2S2. The molecule has 3 heterocycles. The summed E-state index contributed by atoms with van der Waals surface area (Å²) in [4.78, 5) is 23.9. The third-order valence-corrected chi connectivity index (χ3v) is 6.28. The van der Waals surface area contributed by atoms with Crippen LogP contribution in [0, 0.1) is 13.8 Å². The second-order valence-electron chi connectivity index (χ2n) is 5.86. The van der Waals surface area contributed by atoms with Gasteiger partial charge in [-0.3, -0.25) is 10.1 Å². The number of carbonyl (C=O) groups excluding carboxylic acids is 1. The molecule has 4 rings (SSSR count). The van der Waals surface area contributed by atoms with Crippen molar-refractivity contribution >= 4 is 60.5 Å². The molecule has 0 aliphatic carbocycles. The first kappa shape index (κ1) is 16.7. The number of amides is 1. The number of methoxy groups -OCH3 is 1. The minimum Gasteiger partial charge on any atom is -0.497 e. The van der Waals surface area contributed by atoms with Crippen LogP contribution in [-0.2, 0) is 0 Å². The van der Waals surface area contributed by atoms with E-state index >= 15 is 0 Å². The van der Waals surface area contributed by atoms with Gasteiger partial charge < -0.3 is 10.5 Å². The molecule has 0 saturated carbocycles. The fraction of sp³-hybridized carbons (Fsp3) is 0.167. The molecule has 0 atom stereocenters. The highest BCUT2D eigenvalue weighted by molar-refractivity contribution is 7.21. The summed E-state index contributed by atoms with van der Waals surface area (Å²) in [7, 11) is 1.62. The Kier molecular flexibility index (Phi) is 4.01. The molecule has 0 unspecified atom stereocenters. The van der Waals surface area contributed by atoms with E-state index in [4.69, 9.17) is 10.5 Å². The first-order chi connectivity index (χ1) is 12.5. The summed E-state index contributed by atoms with van der Waals surface area (Å²) in [6.45, 7) is 3.89. The van der Waals surface area contributed by atoms with Crippen molar-refractivity contribution in [3.05, 3.63) is 39.7 Å². The predicted molar refractivity (Wildman–Crippen MR) is 108 cm³/mol. The van der Waals surface area contributed by atoms with Crippen LogP contribution in [0.15, 0.2) is 24.3 Å². The zero-order valence-electron chi connectivity index (χ0n) is 14.4. The topological polar surface area (TPSA) is 90.1 Å². The van der Waals surface area contributed by atoms with Gasteiger partial charge in [-0.15, -0.1) is 22.7 Å². The van der Waals surface area contributed by atoms with Crippen molar-refractivity contribution in [2.75, 3.05) is 18.2 Å². The van der Waals surface area contributed by atoms with Crippen LogP contribution in [0.3, 0.4) is 0 Å². The largest absolute Gasteiger partial charge is 0.497 e. The number of fused-ring (bicyclic) bond motifs is 2. The van der Waals surface area contributed by atoms with E-state index < -0.39 is 0 Å². The van der Waals surface area contributed by atoms with Crippen LogP contribution in [0.2, 0.25) is 0 Å². The van der Waals surface area contributed by atoms with E-state index in [1.54, 1.807) is 7.11 Å². The molecule has 26 heavy (non-hydrogen) atoms. The van der Waals surface area contributed by atoms with Crippen LogP contribution in [0.5, 0.6) is 5.75 Å². The number of thiophene rings is 1. The van der Waals surface area contributed by atoms with Crippen LogP contribution >= 0.6 is 22.7 Å². The fourth-order valence-electron chi connectivity index (χ4n) is 2.66. The lowest BCUT2D eigenvalue weighted by atomic mass is 10.1. The standard InChI is InChI=1S/C18H16N4O2S2/c1-8-9(2)25-18(20-8)22-16(23)15-14(19)12-7-10-6-11(24-3)4-5-13(10)21-17(12)26-15/h4-7H,19H2,1-3H3,(H,20,22,23). The molecule has 4 aromatic rings. The zero-order chi connectivity index (χ0) is 18.4. The van der Waals surface area contributed by atoms with Gasteiger partial charge in [-0.25, -0.2) is 9.97 Å². The first-order valence-corrected chi connectivity index (χ1v) is 9.51. The number of hydrogen-bond acceptors (Lipinski definition) is 7. The number of pyridine rings is 1. The maximum absolute atomic E-state index is 12.7. The average molecular weight is 384 g/mol. The van der Waals surface area contributed by atoms with Gasteiger partial charge >= 0.3 is 0 Å². The Bertz CT molecular complexity index is 1140. The Hall–Kier alpha value is -2.71. The molecule has 3 aromatic heterocycles. The number of nitrogens with one attached hydrogen (secondary N) is 1. The maximum Gasteiger partial charge on any atom is 0.269 e. The highest BCUT2D eigenvalue weighted by Gasteiger charge is 2.19. The number of aryl methyl sites for hydroxylation is 2. The summed E-state index contributed by atoms with van der Waals surface area (Å²) in [5.74, 6) is 0.487. The molecule has 0 aliphatic heterocycles. The van der Waals surface area contributed by atoms with E-state index in [-0.39, 0.29) is 5.91 Å². The number of benzene rings is 1. The van der Waals surface area contributed by atoms with E-state index in [1.807, 2.05) is 38.1 Å². The summed E-state index contributed by atoms with van der Waals surface area (Å²) in [5.41, 5.74) is 8.43. The molecule has 0 saturated heterocycles. The number of anilines is 2. The van der Waals surface area contributed by atoms with E-state index in [9.17, 15) is 4.79 Å². The molecule has 0 aliphatic rings. The number of ether oxygens (including phenoxy) is 1. The van der Waals surface area contributed by atoms with Crippen molar-refractivity contribution in [1.29, 1.82) is 0 Å². The van der Waals surface area contributed by atoms with Crippen molar-refractivity contribution in [1.82, 2.24) is 9.97 Å². The van der Waals surface area contributed by atoms with Crippen molar-refractivity contribution < 1.29 is 9.53 Å². The molecule has 1 amide bonds. The number of nitrogens with zero attached hydrogens (tertiary/aromatic N) is 2. The Morgan fingerprint density at radius 2 is 2.00 bits per heavy atom. The number of rotatable bonds is 3. The van der Waals surface area contributed by atoms with Gasteiger partial charge in [0.15, 0.2) is 5.13 Å². The number of nitrogens with two attached hydrogens (primary N) is 1. The van der Waals surface area contributed by atoms with Crippen molar-refractivity contribution in [3.63, 3.8) is 0 Å². The SMILES string of the molecule is COc1ccc2nc3sc(C(=O)Nc4nc(C)c(C)s4)c(N)c3cc2c1. The van der Waals surface area contributed by atoms with Crippen molar-refractivity contribution in [2.24, 2.45) is 0 Å². The maximum atomic E-state index is 12.7. The second kappa shape index (κ2) is 6.22. The molecular weight excluding hydrogens is 368 g/mol. The molecule has 6 nitrogen and oxygen atoms in total. The zero-order valence-corrected chi connectivity index (χ0v) is 16.0. The summed E-state index contributed by atoms with van der Waals surface area (Å²) in [6, 6.07) is 7.60. The Morgan fingerprint density at radius 1 is 1.19 bits per heavy atom. The normalized spacial score (nSPS) is 11.2. The van der Waals surface area contributed by atoms with Crippen molar-refractivity contribution in [2.45, 2.75) is 13.8 Å². The smallest absolute Gasteiger partial charge is 0.269 e. The van der Waals surface area contributed by atoms with Crippen LogP contribution in [0.1, 0.15) is 20.2 Å². The number of nitrogen functional groups attached to an aromatic ring is 1. The van der Waals surface area contributed by atoms with Crippen LogP contribution in [0.4, 0.5) is 10.8 Å². The lowest BCUT2D eigenvalue weighted by Gasteiger charge is -2.02. The van der Waals surface area contributed by atoms with E-state index in [0.717, 1.165) is 37.4 Å². The monoisotopic (exact) mass is 384 g/mol. The molecule has 132 valence electrons. The Morgan fingerprint density at radius 3 is 2.69 bits per heavy atom. The molecule has 3 N–H and O–H groups in total. The highest BCUT2D eigenvalue weighted by Crippen LogP contribution is 2.36. The van der Waals surface area contributed by atoms with E-state index in [2.05, 4.69) is 15.3 Å². The fourth-order valence-corrected chi connectivity index (χ4v) is 4.45. The Balaban J connectivity index is 1.76. The summed E-state index contributed by atoms with van der Waals surface area (Å²) in [6.07, 6.45) is 0. The van der Waals surface area contributed by atoms with Crippen LogP contribution in [-0.4, -0.2) is 23.0 Å². The second-order valence-corrected chi connectivity index (χ2v) is 8.06. The minimum absolute atomic E-state index is 0.263. The van der Waals surface area contributed by atoms with Gasteiger partial charge in [-0.1, -0.05) is 0 Å². The number of thiazole rings is 1. The molecule has 0 fully saturated rings. The highest BCUT2D eigenvalue weighted by atomic mass is 32.1. The predicted octanol–water partition coefficient (Wildman–Crippen LogP) is 4.37. The summed E-state index contributed by atoms with van der Waals surface area (Å²) < 4.78 is 5.26. The third-order valence-electron chi connectivity index (χ3n) is 4.18. The number of aromatic nitrogens is 2. The van der Waals surface area contributed by atoms with Crippen molar-refractivity contribution in [3.8, 4) is 5.75 Å². The Labute approximate surface area is 157 Å². The van der Waals surface area contributed by atoms with Gasteiger partial charge in [0.05, 0.1) is 24.0 Å². The van der Waals surface area contributed by atoms with Crippen LogP contribution < -0.4 is 15.8 Å². The quantitative estimate of drug-likeness (QED) is 0.547. The lowest BCUT2D eigenvalue weighted by molar-refractivity contribution is 0.103. The summed E-state index contributed by atoms with van der Waals surface area (Å²) >= 11 is 2.73. The lowest BCUT2D eigenvalue weighted by Crippen LogP contribution is -2.11. The van der Waals surface area contributed by atoms with Gasteiger partial charge in [-0.2, -0.15) is 0 Å². The number of hydrogen-bond donors (Lipinski definition) is 2. The molecule has 0 radical (unpaired) electrons. The van der Waals surface area contributed by atoms with Gasteiger partial charge in [0.2, 0.25) is 0 Å². The van der Waals surface area contributed by atoms with Gasteiger partial charge in [-0.05, 0) is 38.1 Å². The van der Waals surface area contributed by atoms with Gasteiger partial charge in [0.25, 0.3) is 5.91 Å². The van der Waals surface area contributed by atoms with E-state index in [0.29, 0.717) is 15.7 Å². The summed E-state index contributed by atoms with van der Waals surface area (Å²) in [5, 5.41) is 5.09. The number of carbonyl (C=O) groups is 1. The average Bonchev–Trinajstić information content (AvgIpc) is 3.11. The first-order valence-electron chi connectivity index (χ1n) is 7.88. The van der Waals surface area contributed by atoms with Gasteiger partial charge in [0, 0.05) is 15.6 Å². The molecule has 0 spiro atoms.